The number of rotatable bonds is 1. The third-order valence-electron chi connectivity index (χ3n) is 1.76. The lowest BCUT2D eigenvalue weighted by atomic mass is 10.1. The molecule has 0 N–H and O–H groups in total. The van der Waals surface area contributed by atoms with Gasteiger partial charge in [0.2, 0.25) is 0 Å². The Morgan fingerprint density at radius 2 is 1.33 bits per heavy atom. The van der Waals surface area contributed by atoms with Crippen molar-refractivity contribution in [3.05, 3.63) is 60.6 Å². The van der Waals surface area contributed by atoms with Crippen LogP contribution in [0.4, 0.5) is 0 Å². The first-order chi connectivity index (χ1) is 6.75. The van der Waals surface area contributed by atoms with Gasteiger partial charge in [0.25, 0.3) is 0 Å². The molecule has 12 heavy (non-hydrogen) atoms. The largest absolute Gasteiger partial charge is 0.0623 e. The molecule has 0 aromatic heterocycles. The van der Waals surface area contributed by atoms with Crippen molar-refractivity contribution in [3.8, 4) is 11.1 Å². The molecule has 0 atom stereocenters. The summed E-state index contributed by atoms with van der Waals surface area (Å²) in [5, 5.41) is 0. The van der Waals surface area contributed by atoms with E-state index in [0.717, 1.165) is 11.1 Å². The van der Waals surface area contributed by atoms with Crippen LogP contribution < -0.4 is 0 Å². The first kappa shape index (κ1) is 5.15. The maximum Gasteiger partial charge on any atom is 0.0623 e. The van der Waals surface area contributed by atoms with Crippen molar-refractivity contribution < 1.29 is 2.74 Å². The Kier molecular flexibility index (Phi) is 1.38. The molecule has 0 aliphatic carbocycles. The number of hydrogen-bond acceptors (Lipinski definition) is 0. The van der Waals surface area contributed by atoms with Gasteiger partial charge in [-0.2, -0.15) is 0 Å². The van der Waals surface area contributed by atoms with Crippen molar-refractivity contribution in [2.24, 2.45) is 0 Å². The minimum Gasteiger partial charge on any atom is -0.0622 e. The van der Waals surface area contributed by atoms with Gasteiger partial charge >= 0.3 is 0 Å². The Balaban J connectivity index is 2.44. The summed E-state index contributed by atoms with van der Waals surface area (Å²) in [5.41, 5.74) is 2.08. The summed E-state index contributed by atoms with van der Waals surface area (Å²) in [5.74, 6) is 0. The molecule has 2 aromatic rings. The van der Waals surface area contributed by atoms with Crippen LogP contribution >= 0.6 is 0 Å². The molecule has 0 heterocycles. The fourth-order valence-electron chi connectivity index (χ4n) is 1.15. The van der Waals surface area contributed by atoms with E-state index in [-0.39, 0.29) is 0 Å². The summed E-state index contributed by atoms with van der Waals surface area (Å²) in [7, 11) is 0. The molecule has 2 rings (SSSR count). The minimum atomic E-state index is 0.510. The van der Waals surface area contributed by atoms with Gasteiger partial charge in [-0.25, -0.2) is 0 Å². The molecule has 0 bridgehead atoms. The predicted octanol–water partition coefficient (Wildman–Crippen LogP) is 3.35. The average Bonchev–Trinajstić information content (AvgIpc) is 2.19. The summed E-state index contributed by atoms with van der Waals surface area (Å²) < 4.78 is 14.8. The van der Waals surface area contributed by atoms with Crippen molar-refractivity contribution >= 4 is 0 Å². The first-order valence-electron chi connectivity index (χ1n) is 4.89. The van der Waals surface area contributed by atoms with Gasteiger partial charge in [0.1, 0.15) is 0 Å². The van der Waals surface area contributed by atoms with Gasteiger partial charge in [-0.15, -0.1) is 0 Å². The second kappa shape index (κ2) is 3.22. The van der Waals surface area contributed by atoms with E-state index in [1.807, 2.05) is 30.3 Å². The highest BCUT2D eigenvalue weighted by molar-refractivity contribution is 5.62. The lowest BCUT2D eigenvalue weighted by Gasteiger charge is -1.98. The van der Waals surface area contributed by atoms with E-state index >= 15 is 0 Å². The van der Waals surface area contributed by atoms with Crippen LogP contribution in [0.25, 0.3) is 11.1 Å². The zero-order valence-electron chi connectivity index (χ0n) is 8.62. The standard InChI is InChI=1S/C12H10/c1-3-7-11(8-4-1)12-9-5-2-6-10-12/h1-10H/i1D,5D. The zero-order chi connectivity index (χ0) is 9.97. The van der Waals surface area contributed by atoms with Gasteiger partial charge in [-0.1, -0.05) is 60.6 Å². The molecule has 0 aliphatic rings. The molecule has 0 unspecified atom stereocenters. The molecule has 0 spiro atoms. The summed E-state index contributed by atoms with van der Waals surface area (Å²) >= 11 is 0. The highest BCUT2D eigenvalue weighted by Crippen LogP contribution is 2.17. The maximum absolute atomic E-state index is 7.49. The Bertz CT molecular complexity index is 432. The molecule has 2 aromatic carbocycles. The minimum absolute atomic E-state index is 0.510. The van der Waals surface area contributed by atoms with E-state index in [1.165, 1.54) is 0 Å². The monoisotopic (exact) mass is 156 g/mol. The van der Waals surface area contributed by atoms with Gasteiger partial charge in [0, 0.05) is 0 Å². The van der Waals surface area contributed by atoms with E-state index in [0.29, 0.717) is 12.1 Å². The number of benzene rings is 2. The van der Waals surface area contributed by atoms with Crippen LogP contribution in [0, 0.1) is 0 Å². The van der Waals surface area contributed by atoms with Crippen LogP contribution in [-0.2, 0) is 0 Å². The molecule has 0 saturated heterocycles. The highest BCUT2D eigenvalue weighted by atomic mass is 14.0. The predicted molar refractivity (Wildman–Crippen MR) is 51.9 cm³/mol. The van der Waals surface area contributed by atoms with Crippen LogP contribution in [0.3, 0.4) is 0 Å². The van der Waals surface area contributed by atoms with E-state index in [9.17, 15) is 0 Å². The van der Waals surface area contributed by atoms with E-state index in [1.54, 1.807) is 18.2 Å². The Hall–Kier alpha value is -1.56. The van der Waals surface area contributed by atoms with E-state index in [2.05, 4.69) is 0 Å². The molecular formula is C12H10. The van der Waals surface area contributed by atoms with Crippen molar-refractivity contribution in [2.45, 2.75) is 0 Å². The molecule has 0 nitrogen and oxygen atoms in total. The van der Waals surface area contributed by atoms with Gasteiger partial charge in [0.15, 0.2) is 0 Å². The Morgan fingerprint density at radius 3 is 2.08 bits per heavy atom. The smallest absolute Gasteiger partial charge is 0.0622 e. The third kappa shape index (κ3) is 1.37. The third-order valence-corrected chi connectivity index (χ3v) is 1.76. The fourth-order valence-corrected chi connectivity index (χ4v) is 1.15. The van der Waals surface area contributed by atoms with Crippen molar-refractivity contribution in [1.29, 1.82) is 0 Å². The topological polar surface area (TPSA) is 0 Å². The summed E-state index contributed by atoms with van der Waals surface area (Å²) in [6.07, 6.45) is 0. The van der Waals surface area contributed by atoms with E-state index in [4.69, 9.17) is 2.74 Å². The molecule has 0 amide bonds. The van der Waals surface area contributed by atoms with Crippen LogP contribution in [-0.4, -0.2) is 0 Å². The van der Waals surface area contributed by atoms with Crippen LogP contribution in [0.15, 0.2) is 60.6 Å². The zero-order valence-corrected chi connectivity index (χ0v) is 6.62. The maximum atomic E-state index is 7.49. The average molecular weight is 156 g/mol. The van der Waals surface area contributed by atoms with Crippen LogP contribution in [0.2, 0.25) is 0 Å². The van der Waals surface area contributed by atoms with Crippen molar-refractivity contribution in [3.63, 3.8) is 0 Å². The Morgan fingerprint density at radius 1 is 0.667 bits per heavy atom. The first-order valence-corrected chi connectivity index (χ1v) is 3.89. The molecule has 0 aliphatic heterocycles. The summed E-state index contributed by atoms with van der Waals surface area (Å²) in [6, 6.07) is 15.7. The highest BCUT2D eigenvalue weighted by Gasteiger charge is 1.91. The Labute approximate surface area is 75.3 Å². The fraction of sp³-hybridized carbons (Fsp3) is 0. The molecule has 0 fully saturated rings. The van der Waals surface area contributed by atoms with Crippen molar-refractivity contribution in [2.75, 3.05) is 0 Å². The molecular weight excluding hydrogens is 144 g/mol. The van der Waals surface area contributed by atoms with Gasteiger partial charge in [-0.05, 0) is 11.1 Å². The molecule has 0 radical (unpaired) electrons. The SMILES string of the molecule is [2H]c1ccc(-c2cccc([2H])c2)cc1. The number of hydrogen-bond donors (Lipinski definition) is 0. The normalized spacial score (nSPS) is 12.0. The van der Waals surface area contributed by atoms with E-state index < -0.39 is 0 Å². The summed E-state index contributed by atoms with van der Waals surface area (Å²) in [6.45, 7) is 0. The lowest BCUT2D eigenvalue weighted by Crippen LogP contribution is -1.73. The van der Waals surface area contributed by atoms with Crippen LogP contribution in [0.1, 0.15) is 2.74 Å². The molecule has 0 saturated carbocycles. The summed E-state index contributed by atoms with van der Waals surface area (Å²) in [4.78, 5) is 0. The molecule has 0 heteroatoms. The molecule has 58 valence electrons. The van der Waals surface area contributed by atoms with Gasteiger partial charge in [-0.3, -0.25) is 0 Å². The van der Waals surface area contributed by atoms with Crippen molar-refractivity contribution in [1.82, 2.24) is 0 Å². The van der Waals surface area contributed by atoms with Gasteiger partial charge in [0.05, 0.1) is 2.74 Å². The lowest BCUT2D eigenvalue weighted by molar-refractivity contribution is 1.62. The second-order valence-electron chi connectivity index (χ2n) is 2.58. The van der Waals surface area contributed by atoms with Crippen LogP contribution in [0.5, 0.6) is 0 Å². The van der Waals surface area contributed by atoms with Gasteiger partial charge < -0.3 is 0 Å². The quantitative estimate of drug-likeness (QED) is 0.594. The second-order valence-corrected chi connectivity index (χ2v) is 2.58.